The first kappa shape index (κ1) is 12.6. The number of nitrogens with zero attached hydrogens (tertiary/aromatic N) is 1. The molecule has 1 atom stereocenters. The summed E-state index contributed by atoms with van der Waals surface area (Å²) in [5, 5.41) is 6.56. The van der Waals surface area contributed by atoms with Crippen molar-refractivity contribution < 1.29 is 4.74 Å². The Morgan fingerprint density at radius 3 is 2.87 bits per heavy atom. The molecule has 0 saturated heterocycles. The fraction of sp³-hybridized carbons (Fsp3) is 0.727. The van der Waals surface area contributed by atoms with Crippen LogP contribution in [0.2, 0.25) is 0 Å². The lowest BCUT2D eigenvalue weighted by Crippen LogP contribution is -2.38. The summed E-state index contributed by atoms with van der Waals surface area (Å²) in [5.74, 6) is 0. The van der Waals surface area contributed by atoms with E-state index in [1.165, 1.54) is 0 Å². The third-order valence-electron chi connectivity index (χ3n) is 2.19. The molecule has 86 valence electrons. The molecular formula is C11H20N2OS. The molecule has 0 spiro atoms. The second-order valence-electron chi connectivity index (χ2n) is 4.17. The highest BCUT2D eigenvalue weighted by Gasteiger charge is 2.19. The molecule has 1 aromatic heterocycles. The van der Waals surface area contributed by atoms with Gasteiger partial charge in [0.2, 0.25) is 0 Å². The summed E-state index contributed by atoms with van der Waals surface area (Å²) < 4.78 is 5.62. The number of ether oxygens (including phenoxy) is 1. The van der Waals surface area contributed by atoms with E-state index in [1.807, 2.05) is 18.5 Å². The zero-order chi connectivity index (χ0) is 11.3. The molecular weight excluding hydrogens is 208 g/mol. The van der Waals surface area contributed by atoms with Gasteiger partial charge in [-0.2, -0.15) is 0 Å². The highest BCUT2D eigenvalue weighted by Crippen LogP contribution is 2.16. The largest absolute Gasteiger partial charge is 0.375 e. The van der Waals surface area contributed by atoms with E-state index in [4.69, 9.17) is 4.74 Å². The predicted molar refractivity (Wildman–Crippen MR) is 64.2 cm³/mol. The van der Waals surface area contributed by atoms with Crippen molar-refractivity contribution >= 4 is 11.3 Å². The molecule has 0 aliphatic rings. The molecule has 0 saturated carbocycles. The van der Waals surface area contributed by atoms with E-state index in [1.54, 1.807) is 11.3 Å². The van der Waals surface area contributed by atoms with Crippen molar-refractivity contribution in [2.45, 2.75) is 39.3 Å². The fourth-order valence-electron chi connectivity index (χ4n) is 1.38. The van der Waals surface area contributed by atoms with Gasteiger partial charge in [0.25, 0.3) is 0 Å². The molecule has 0 bridgehead atoms. The van der Waals surface area contributed by atoms with E-state index in [2.05, 4.69) is 31.1 Å². The Hall–Kier alpha value is -0.450. The zero-order valence-electron chi connectivity index (χ0n) is 9.91. The molecule has 0 radical (unpaired) electrons. The minimum atomic E-state index is -0.111. The van der Waals surface area contributed by atoms with Crippen LogP contribution in [0.4, 0.5) is 0 Å². The maximum Gasteiger partial charge on any atom is 0.109 e. The number of thiazole rings is 1. The maximum atomic E-state index is 5.62. The SMILES string of the molecule is CCOC(C)(C)CNC(C)c1nccs1. The van der Waals surface area contributed by atoms with Crippen molar-refractivity contribution in [1.82, 2.24) is 10.3 Å². The smallest absolute Gasteiger partial charge is 0.109 e. The van der Waals surface area contributed by atoms with E-state index in [-0.39, 0.29) is 5.60 Å². The lowest BCUT2D eigenvalue weighted by atomic mass is 10.1. The Labute approximate surface area is 95.9 Å². The minimum absolute atomic E-state index is 0.111. The van der Waals surface area contributed by atoms with Crippen molar-refractivity contribution in [3.05, 3.63) is 16.6 Å². The van der Waals surface area contributed by atoms with Crippen molar-refractivity contribution in [3.8, 4) is 0 Å². The molecule has 0 aliphatic carbocycles. The summed E-state index contributed by atoms with van der Waals surface area (Å²) in [4.78, 5) is 4.28. The summed E-state index contributed by atoms with van der Waals surface area (Å²) in [7, 11) is 0. The minimum Gasteiger partial charge on any atom is -0.375 e. The van der Waals surface area contributed by atoms with E-state index in [9.17, 15) is 0 Å². The van der Waals surface area contributed by atoms with Gasteiger partial charge in [-0.05, 0) is 27.7 Å². The van der Waals surface area contributed by atoms with Gasteiger partial charge in [0.1, 0.15) is 5.01 Å². The van der Waals surface area contributed by atoms with Gasteiger partial charge >= 0.3 is 0 Å². The van der Waals surface area contributed by atoms with Crippen LogP contribution in [0, 0.1) is 0 Å². The lowest BCUT2D eigenvalue weighted by molar-refractivity contribution is -0.0103. The first-order valence-corrected chi connectivity index (χ1v) is 6.20. The molecule has 1 N–H and O–H groups in total. The molecule has 3 nitrogen and oxygen atoms in total. The van der Waals surface area contributed by atoms with Crippen LogP contribution in [0.5, 0.6) is 0 Å². The van der Waals surface area contributed by atoms with Crippen LogP contribution in [0.3, 0.4) is 0 Å². The molecule has 1 aromatic rings. The first-order chi connectivity index (χ1) is 7.05. The van der Waals surface area contributed by atoms with Crippen molar-refractivity contribution in [2.75, 3.05) is 13.2 Å². The van der Waals surface area contributed by atoms with Crippen LogP contribution in [-0.4, -0.2) is 23.7 Å². The third-order valence-corrected chi connectivity index (χ3v) is 3.15. The van der Waals surface area contributed by atoms with Gasteiger partial charge in [-0.25, -0.2) is 4.98 Å². The summed E-state index contributed by atoms with van der Waals surface area (Å²) in [6, 6.07) is 0.296. The normalized spacial score (nSPS) is 14.1. The Balaban J connectivity index is 2.37. The highest BCUT2D eigenvalue weighted by atomic mass is 32.1. The van der Waals surface area contributed by atoms with Crippen LogP contribution in [-0.2, 0) is 4.74 Å². The summed E-state index contributed by atoms with van der Waals surface area (Å²) in [5.41, 5.74) is -0.111. The van der Waals surface area contributed by atoms with Crippen LogP contribution >= 0.6 is 11.3 Å². The highest BCUT2D eigenvalue weighted by molar-refractivity contribution is 7.09. The van der Waals surface area contributed by atoms with Gasteiger partial charge in [-0.1, -0.05) is 0 Å². The standard InChI is InChI=1S/C11H20N2OS/c1-5-14-11(3,4)8-13-9(2)10-12-6-7-15-10/h6-7,9,13H,5,8H2,1-4H3. The van der Waals surface area contributed by atoms with Gasteiger partial charge in [0, 0.05) is 24.7 Å². The van der Waals surface area contributed by atoms with Gasteiger partial charge in [-0.15, -0.1) is 11.3 Å². The third kappa shape index (κ3) is 4.28. The molecule has 15 heavy (non-hydrogen) atoms. The van der Waals surface area contributed by atoms with Crippen LogP contribution < -0.4 is 5.32 Å². The second-order valence-corrected chi connectivity index (χ2v) is 5.09. The summed E-state index contributed by atoms with van der Waals surface area (Å²) >= 11 is 1.68. The summed E-state index contributed by atoms with van der Waals surface area (Å²) in [6.45, 7) is 9.92. The second kappa shape index (κ2) is 5.58. The topological polar surface area (TPSA) is 34.1 Å². The Kier molecular flexibility index (Phi) is 4.70. The van der Waals surface area contributed by atoms with E-state index < -0.39 is 0 Å². The van der Waals surface area contributed by atoms with Crippen molar-refractivity contribution in [2.24, 2.45) is 0 Å². The number of hydrogen-bond donors (Lipinski definition) is 1. The van der Waals surface area contributed by atoms with Gasteiger partial charge < -0.3 is 10.1 Å². The van der Waals surface area contributed by atoms with Crippen LogP contribution in [0.1, 0.15) is 38.7 Å². The molecule has 1 unspecified atom stereocenters. The van der Waals surface area contributed by atoms with Gasteiger partial charge in [0.15, 0.2) is 0 Å². The maximum absolute atomic E-state index is 5.62. The average Bonchev–Trinajstić information content (AvgIpc) is 2.67. The Morgan fingerprint density at radius 1 is 1.60 bits per heavy atom. The van der Waals surface area contributed by atoms with Crippen LogP contribution in [0.15, 0.2) is 11.6 Å². The summed E-state index contributed by atoms with van der Waals surface area (Å²) in [6.07, 6.45) is 1.84. The quantitative estimate of drug-likeness (QED) is 0.812. The van der Waals surface area contributed by atoms with E-state index in [0.29, 0.717) is 6.04 Å². The molecule has 1 heterocycles. The number of rotatable bonds is 6. The lowest BCUT2D eigenvalue weighted by Gasteiger charge is -2.26. The van der Waals surface area contributed by atoms with Crippen molar-refractivity contribution in [1.29, 1.82) is 0 Å². The van der Waals surface area contributed by atoms with E-state index in [0.717, 1.165) is 18.2 Å². The Bertz CT molecular complexity index is 272. The molecule has 4 heteroatoms. The fourth-order valence-corrected chi connectivity index (χ4v) is 2.05. The zero-order valence-corrected chi connectivity index (χ0v) is 10.7. The first-order valence-electron chi connectivity index (χ1n) is 5.32. The monoisotopic (exact) mass is 228 g/mol. The van der Waals surface area contributed by atoms with Crippen molar-refractivity contribution in [3.63, 3.8) is 0 Å². The molecule has 1 rings (SSSR count). The Morgan fingerprint density at radius 2 is 2.33 bits per heavy atom. The predicted octanol–water partition coefficient (Wildman–Crippen LogP) is 2.61. The average molecular weight is 228 g/mol. The molecule has 0 aromatic carbocycles. The molecule has 0 aliphatic heterocycles. The molecule has 0 amide bonds. The van der Waals surface area contributed by atoms with Gasteiger partial charge in [0.05, 0.1) is 11.6 Å². The number of aromatic nitrogens is 1. The van der Waals surface area contributed by atoms with Crippen LogP contribution in [0.25, 0.3) is 0 Å². The van der Waals surface area contributed by atoms with E-state index >= 15 is 0 Å². The van der Waals surface area contributed by atoms with Gasteiger partial charge in [-0.3, -0.25) is 0 Å². The number of nitrogens with one attached hydrogen (secondary N) is 1. The molecule has 0 fully saturated rings. The number of hydrogen-bond acceptors (Lipinski definition) is 4.